The van der Waals surface area contributed by atoms with Crippen LogP contribution in [0.25, 0.3) is 10.3 Å². The van der Waals surface area contributed by atoms with E-state index >= 15 is 0 Å². The van der Waals surface area contributed by atoms with E-state index in [9.17, 15) is 4.39 Å². The highest BCUT2D eigenvalue weighted by atomic mass is 35.5. The quantitative estimate of drug-likeness (QED) is 0.700. The van der Waals surface area contributed by atoms with Gasteiger partial charge in [-0.15, -0.1) is 0 Å². The summed E-state index contributed by atoms with van der Waals surface area (Å²) in [4.78, 5) is 11.5. The number of fused-ring (bicyclic) bond motifs is 1. The molecule has 1 saturated heterocycles. The maximum atomic E-state index is 13.9. The molecule has 0 amide bonds. The average molecular weight is 414 g/mol. The van der Waals surface area contributed by atoms with E-state index in [0.29, 0.717) is 0 Å². The Hall–Kier alpha value is -2.34. The number of aromatic nitrogens is 3. The average Bonchev–Trinajstić information content (AvgIpc) is 3.22. The van der Waals surface area contributed by atoms with Gasteiger partial charge in [0.25, 0.3) is 0 Å². The Morgan fingerprint density at radius 2 is 2.33 bits per heavy atom. The first-order valence-corrected chi connectivity index (χ1v) is 8.54. The lowest BCUT2D eigenvalue weighted by Crippen LogP contribution is -2.38. The SMILES string of the molecule is [2H]C(c1ccc(F)c(C#N)c1)N1C([2H])([2H])C([2H])([2H])C([2H])(N([2H])c2ncnc3nc(Cl)sc23)C([2H])([2H])C1([2H])[2H]. The van der Waals surface area contributed by atoms with Crippen LogP contribution in [0, 0.1) is 17.1 Å². The summed E-state index contributed by atoms with van der Waals surface area (Å²) in [6.07, 6.45) is -6.58. The second-order valence-corrected chi connectivity index (χ2v) is 6.68. The number of piperidine rings is 1. The molecule has 0 saturated carbocycles. The summed E-state index contributed by atoms with van der Waals surface area (Å²) in [5.74, 6) is -1.53. The van der Waals surface area contributed by atoms with Gasteiger partial charge in [0.15, 0.2) is 11.5 Å². The molecular formula is C18H16ClFN6S. The summed E-state index contributed by atoms with van der Waals surface area (Å²) in [6.45, 7) is -9.46. The van der Waals surface area contributed by atoms with Crippen molar-refractivity contribution in [3.05, 3.63) is 45.9 Å². The predicted octanol–water partition coefficient (Wildman–Crippen LogP) is 3.83. The number of benzene rings is 1. The van der Waals surface area contributed by atoms with Gasteiger partial charge in [-0.2, -0.15) is 5.26 Å². The molecule has 4 rings (SSSR count). The molecule has 6 nitrogen and oxygen atoms in total. The zero-order valence-corrected chi connectivity index (χ0v) is 14.8. The van der Waals surface area contributed by atoms with Crippen molar-refractivity contribution in [2.45, 2.75) is 25.3 Å². The second-order valence-electron chi connectivity index (χ2n) is 5.10. The first-order chi connectivity index (χ1) is 17.4. The highest BCUT2D eigenvalue weighted by Gasteiger charge is 2.21. The monoisotopic (exact) mass is 413 g/mol. The number of nitriles is 1. The Kier molecular flexibility index (Phi) is 2.64. The van der Waals surface area contributed by atoms with Crippen molar-refractivity contribution in [1.29, 1.82) is 5.26 Å². The Bertz CT molecular complexity index is 1440. The highest BCUT2D eigenvalue weighted by molar-refractivity contribution is 7.22. The standard InChI is InChI=1S/C18H16ClFN6S/c19-18-25-17-15(27-18)16(22-10-23-17)24-13-3-5-26(6-4-13)9-11-1-2-14(20)12(7-11)8-21/h1-2,7,10,13H,3-6,9H2,(H,22,23,24)/i3D2,4D2,5D2,6D2,9D,13D/hD. The zero-order chi connectivity index (χ0) is 28.6. The third-order valence-electron chi connectivity index (χ3n) is 3.34. The number of likely N-dealkylation sites (tertiary alicyclic amines) is 1. The van der Waals surface area contributed by atoms with Gasteiger partial charge >= 0.3 is 0 Å². The number of hydrogen-bond donors (Lipinski definition) is 1. The molecule has 1 aromatic carbocycles. The summed E-state index contributed by atoms with van der Waals surface area (Å²) in [7, 11) is 0. The topological polar surface area (TPSA) is 77.7 Å². The van der Waals surface area contributed by atoms with Crippen molar-refractivity contribution in [1.82, 2.24) is 19.9 Å². The normalized spacial score (nSPS) is 31.5. The molecular weight excluding hydrogens is 387 g/mol. The molecule has 2 aromatic heterocycles. The van der Waals surface area contributed by atoms with E-state index in [2.05, 4.69) is 15.0 Å². The number of nitrogens with zero attached hydrogens (tertiary/aromatic N) is 5. The number of nitrogens with one attached hydrogen (secondary N) is 1. The van der Waals surface area contributed by atoms with E-state index in [-0.39, 0.29) is 30.6 Å². The molecule has 9 heteroatoms. The zero-order valence-electron chi connectivity index (χ0n) is 24.2. The minimum atomic E-state index is -3.74. The fraction of sp³-hybridized carbons (Fsp3) is 0.333. The van der Waals surface area contributed by atoms with E-state index in [4.69, 9.17) is 32.0 Å². The molecule has 138 valence electrons. The molecule has 0 bridgehead atoms. The first kappa shape index (κ1) is 9.24. The van der Waals surface area contributed by atoms with Gasteiger partial charge in [0.1, 0.15) is 28.7 Å². The van der Waals surface area contributed by atoms with Gasteiger partial charge in [0.2, 0.25) is 0 Å². The number of anilines is 1. The predicted molar refractivity (Wildman–Crippen MR) is 103 cm³/mol. The molecule has 0 spiro atoms. The summed E-state index contributed by atoms with van der Waals surface area (Å²) in [6, 6.07) is 0.448. The van der Waals surface area contributed by atoms with E-state index < -0.39 is 55.5 Å². The van der Waals surface area contributed by atoms with Crippen LogP contribution >= 0.6 is 22.9 Å². The molecule has 0 aliphatic carbocycles. The first-order valence-electron chi connectivity index (χ1n) is 12.9. The van der Waals surface area contributed by atoms with E-state index in [1.54, 1.807) is 0 Å². The van der Waals surface area contributed by atoms with Gasteiger partial charge in [-0.25, -0.2) is 19.3 Å². The molecule has 1 unspecified atom stereocenters. The van der Waals surface area contributed by atoms with Crippen molar-refractivity contribution < 1.29 is 19.5 Å². The van der Waals surface area contributed by atoms with Gasteiger partial charge in [0, 0.05) is 37.9 Å². The molecule has 3 heterocycles. The second kappa shape index (κ2) is 7.72. The number of rotatable bonds is 4. The summed E-state index contributed by atoms with van der Waals surface area (Å²) >= 11 is 6.63. The van der Waals surface area contributed by atoms with Crippen LogP contribution in [0.3, 0.4) is 0 Å². The number of halogens is 2. The van der Waals surface area contributed by atoms with Crippen molar-refractivity contribution >= 4 is 39.1 Å². The van der Waals surface area contributed by atoms with Crippen LogP contribution < -0.4 is 5.31 Å². The Balaban J connectivity index is 1.93. The van der Waals surface area contributed by atoms with E-state index in [1.807, 2.05) is 0 Å². The molecule has 0 radical (unpaired) electrons. The van der Waals surface area contributed by atoms with Gasteiger partial charge in [-0.1, -0.05) is 29.0 Å². The van der Waals surface area contributed by atoms with Crippen LogP contribution in [0.1, 0.15) is 37.6 Å². The van der Waals surface area contributed by atoms with E-state index in [1.165, 1.54) is 6.07 Å². The number of hydrogen-bond acceptors (Lipinski definition) is 7. The fourth-order valence-corrected chi connectivity index (χ4v) is 3.16. The van der Waals surface area contributed by atoms with Crippen molar-refractivity contribution in [3.63, 3.8) is 0 Å². The number of thiazole rings is 1. The van der Waals surface area contributed by atoms with Gasteiger partial charge in [0.05, 0.1) is 6.93 Å². The smallest absolute Gasteiger partial charge is 0.186 e. The maximum Gasteiger partial charge on any atom is 0.186 e. The molecule has 1 fully saturated rings. The van der Waals surface area contributed by atoms with Crippen LogP contribution in [0.2, 0.25) is 5.88 Å². The van der Waals surface area contributed by atoms with Crippen LogP contribution in [-0.2, 0) is 6.52 Å². The largest absolute Gasteiger partial charge is 0.366 e. The van der Waals surface area contributed by atoms with Gasteiger partial charge in [-0.3, -0.25) is 4.90 Å². The minimum Gasteiger partial charge on any atom is -0.366 e. The van der Waals surface area contributed by atoms with Crippen molar-refractivity contribution in [3.8, 4) is 6.07 Å². The van der Waals surface area contributed by atoms with Gasteiger partial charge < -0.3 is 5.31 Å². The lowest BCUT2D eigenvalue weighted by Gasteiger charge is -2.32. The van der Waals surface area contributed by atoms with Gasteiger partial charge in [-0.05, 0) is 30.4 Å². The van der Waals surface area contributed by atoms with Crippen LogP contribution in [0.5, 0.6) is 0 Å². The van der Waals surface area contributed by atoms with Crippen molar-refractivity contribution in [2.75, 3.05) is 18.3 Å². The molecule has 1 atom stereocenters. The third kappa shape index (κ3) is 4.00. The highest BCUT2D eigenvalue weighted by Crippen LogP contribution is 2.30. The molecule has 27 heavy (non-hydrogen) atoms. The fourth-order valence-electron chi connectivity index (χ4n) is 2.17. The Labute approximate surface area is 180 Å². The van der Waals surface area contributed by atoms with Crippen LogP contribution in [0.15, 0.2) is 24.5 Å². The summed E-state index contributed by atoms with van der Waals surface area (Å²) in [5, 5.41) is 9.05. The Morgan fingerprint density at radius 1 is 1.52 bits per heavy atom. The van der Waals surface area contributed by atoms with Crippen LogP contribution in [0.4, 0.5) is 10.2 Å². The lowest BCUT2D eigenvalue weighted by molar-refractivity contribution is 0.211. The summed E-state index contributed by atoms with van der Waals surface area (Å²) < 4.78 is 109. The summed E-state index contributed by atoms with van der Waals surface area (Å²) in [5.41, 5.74) is -0.947. The van der Waals surface area contributed by atoms with Crippen LogP contribution in [-0.4, -0.2) is 38.9 Å². The molecule has 1 aliphatic rings. The third-order valence-corrected chi connectivity index (χ3v) is 4.49. The minimum absolute atomic E-state index is 0.0528. The maximum absolute atomic E-state index is 13.9. The molecule has 1 N–H and O–H groups in total. The lowest BCUT2D eigenvalue weighted by atomic mass is 10.0. The molecule has 1 aliphatic heterocycles. The molecule has 3 aromatic rings. The van der Waals surface area contributed by atoms with Crippen molar-refractivity contribution in [2.24, 2.45) is 0 Å². The Morgan fingerprint density at radius 3 is 3.11 bits per heavy atom. The van der Waals surface area contributed by atoms with E-state index in [0.717, 1.165) is 35.9 Å².